The Morgan fingerprint density at radius 1 is 1.25 bits per heavy atom. The predicted molar refractivity (Wildman–Crippen MR) is 48.9 cm³/mol. The van der Waals surface area contributed by atoms with Gasteiger partial charge < -0.3 is 0 Å². The van der Waals surface area contributed by atoms with E-state index in [1.165, 1.54) is 0 Å². The Morgan fingerprint density at radius 2 is 1.75 bits per heavy atom. The van der Waals surface area contributed by atoms with Crippen LogP contribution in [0.3, 0.4) is 0 Å². The maximum atomic E-state index is 8.93. The summed E-state index contributed by atoms with van der Waals surface area (Å²) in [6, 6.07) is 7.05. The Morgan fingerprint density at radius 3 is 2.17 bits per heavy atom. The molecular weight excluding hydrogens is 242 g/mol. The van der Waals surface area contributed by atoms with Crippen LogP contribution in [0.25, 0.3) is 0 Å². The van der Waals surface area contributed by atoms with Crippen LogP contribution in [0.1, 0.15) is 5.56 Å². The van der Waals surface area contributed by atoms with E-state index in [9.17, 15) is 0 Å². The monoisotopic (exact) mass is 252 g/mol. The van der Waals surface area contributed by atoms with Crippen LogP contribution in [-0.4, -0.2) is 24.9 Å². The summed E-state index contributed by atoms with van der Waals surface area (Å²) >= 11 is 2.18. The van der Waals surface area contributed by atoms with Crippen LogP contribution >= 0.6 is 6.19 Å². The van der Waals surface area contributed by atoms with E-state index in [1.54, 1.807) is 12.1 Å². The second-order valence-corrected chi connectivity index (χ2v) is 6.55. The van der Waals surface area contributed by atoms with Crippen LogP contribution in [-0.2, 0) is 0 Å². The molecule has 0 atom stereocenters. The van der Waals surface area contributed by atoms with E-state index in [1.807, 2.05) is 19.1 Å². The van der Waals surface area contributed by atoms with Crippen LogP contribution in [0, 0.1) is 6.92 Å². The van der Waals surface area contributed by atoms with E-state index in [0.717, 1.165) is 5.56 Å². The van der Waals surface area contributed by atoms with Crippen molar-refractivity contribution < 1.29 is 14.3 Å². The average molecular weight is 251 g/mol. The molecule has 1 aromatic rings. The Hall–Kier alpha value is -0.111. The molecule has 3 nitrogen and oxygen atoms in total. The van der Waals surface area contributed by atoms with Crippen molar-refractivity contribution in [3.05, 3.63) is 29.8 Å². The summed E-state index contributed by atoms with van der Waals surface area (Å²) in [4.78, 5) is 17.9. The fourth-order valence-corrected chi connectivity index (χ4v) is 1.67. The quantitative estimate of drug-likeness (QED) is 0.613. The molecular formula is C7H9O3PSe. The first-order chi connectivity index (χ1) is 5.47. The number of hydrogen-bond donors (Lipinski definition) is 2. The van der Waals surface area contributed by atoms with Gasteiger partial charge in [-0.3, -0.25) is 0 Å². The molecule has 0 saturated heterocycles. The van der Waals surface area contributed by atoms with E-state index >= 15 is 0 Å². The molecule has 0 amide bonds. The molecule has 5 heteroatoms. The minimum absolute atomic E-state index is 0.456. The fourth-order valence-electron chi connectivity index (χ4n) is 0.736. The van der Waals surface area contributed by atoms with Crippen LogP contribution in [0.2, 0.25) is 0 Å². The van der Waals surface area contributed by atoms with Crippen molar-refractivity contribution in [3.8, 4) is 5.75 Å². The second kappa shape index (κ2) is 3.73. The molecule has 0 aliphatic carbocycles. The Bertz CT molecular complexity index is 303. The number of benzene rings is 1. The van der Waals surface area contributed by atoms with E-state index in [2.05, 4.69) is 15.1 Å². The molecule has 66 valence electrons. The zero-order valence-corrected chi connectivity index (χ0v) is 9.08. The molecule has 0 heterocycles. The minimum atomic E-state index is -3.28. The van der Waals surface area contributed by atoms with Gasteiger partial charge in [-0.25, -0.2) is 0 Å². The van der Waals surface area contributed by atoms with Crippen molar-refractivity contribution in [1.82, 2.24) is 0 Å². The van der Waals surface area contributed by atoms with Gasteiger partial charge in [0.25, 0.3) is 0 Å². The van der Waals surface area contributed by atoms with Crippen molar-refractivity contribution in [3.63, 3.8) is 0 Å². The van der Waals surface area contributed by atoms with Gasteiger partial charge in [-0.1, -0.05) is 0 Å². The third kappa shape index (κ3) is 3.53. The number of aryl methyl sites for hydroxylation is 1. The van der Waals surface area contributed by atoms with Crippen LogP contribution in [0.5, 0.6) is 5.75 Å². The molecule has 0 bridgehead atoms. The molecule has 0 spiro atoms. The van der Waals surface area contributed by atoms with Gasteiger partial charge in [-0.15, -0.1) is 0 Å². The number of rotatable bonds is 2. The van der Waals surface area contributed by atoms with Gasteiger partial charge in [0.15, 0.2) is 0 Å². The molecule has 0 unspecified atom stereocenters. The standard InChI is InChI=1S/C7H9O3PSe/c1-6-2-4-7(5-3-6)10-11(8,9)12/h2-5H,1H3,(H2,8,9,12). The molecule has 12 heavy (non-hydrogen) atoms. The molecule has 0 aliphatic rings. The number of hydrogen-bond acceptors (Lipinski definition) is 3. The summed E-state index contributed by atoms with van der Waals surface area (Å²) in [6.45, 7) is 1.95. The first kappa shape index (κ1) is 9.97. The van der Waals surface area contributed by atoms with Crippen molar-refractivity contribution in [1.29, 1.82) is 0 Å². The van der Waals surface area contributed by atoms with Gasteiger partial charge in [0.05, 0.1) is 0 Å². The van der Waals surface area contributed by atoms with Crippen molar-refractivity contribution >= 4 is 21.3 Å². The normalized spacial score (nSPS) is 11.2. The van der Waals surface area contributed by atoms with Crippen molar-refractivity contribution in [2.24, 2.45) is 0 Å². The molecule has 0 radical (unpaired) electrons. The first-order valence-corrected chi connectivity index (χ1v) is 7.12. The predicted octanol–water partition coefficient (Wildman–Crippen LogP) is 1.20. The van der Waals surface area contributed by atoms with E-state index in [-0.39, 0.29) is 0 Å². The summed E-state index contributed by atoms with van der Waals surface area (Å²) in [5.74, 6) is 0.456. The van der Waals surface area contributed by atoms with E-state index in [0.29, 0.717) is 5.75 Å². The molecule has 2 N–H and O–H groups in total. The summed E-state index contributed by atoms with van der Waals surface area (Å²) in [5, 5.41) is 0. The maximum absolute atomic E-state index is 8.93. The summed E-state index contributed by atoms with van der Waals surface area (Å²) in [5.41, 5.74) is 1.10. The first-order valence-electron chi connectivity index (χ1n) is 3.29. The van der Waals surface area contributed by atoms with Gasteiger partial charge in [-0.2, -0.15) is 0 Å². The van der Waals surface area contributed by atoms with Crippen molar-refractivity contribution in [2.45, 2.75) is 6.92 Å². The zero-order chi connectivity index (χ0) is 9.19. The molecule has 0 saturated carbocycles. The van der Waals surface area contributed by atoms with Gasteiger partial charge >= 0.3 is 78.1 Å². The Balaban J connectivity index is 2.78. The summed E-state index contributed by atoms with van der Waals surface area (Å²) < 4.78 is 4.82. The average Bonchev–Trinajstić information content (AvgIpc) is 1.91. The molecule has 0 fully saturated rings. The SMILES string of the molecule is Cc1ccc(OP(O)(O)=[Se])cc1. The van der Waals surface area contributed by atoms with Gasteiger partial charge in [-0.05, 0) is 0 Å². The molecule has 1 aromatic carbocycles. The zero-order valence-electron chi connectivity index (χ0n) is 6.47. The summed E-state index contributed by atoms with van der Waals surface area (Å²) in [6.07, 6.45) is -3.28. The van der Waals surface area contributed by atoms with Gasteiger partial charge in [0, 0.05) is 0 Å². The Labute approximate surface area is 78.5 Å². The Kier molecular flexibility index (Phi) is 3.10. The van der Waals surface area contributed by atoms with E-state index < -0.39 is 6.19 Å². The fraction of sp³-hybridized carbons (Fsp3) is 0.143. The molecule has 1 rings (SSSR count). The molecule has 0 aliphatic heterocycles. The van der Waals surface area contributed by atoms with Crippen LogP contribution in [0.15, 0.2) is 24.3 Å². The molecule has 0 aromatic heterocycles. The third-order valence-electron chi connectivity index (χ3n) is 1.25. The van der Waals surface area contributed by atoms with Crippen LogP contribution < -0.4 is 4.52 Å². The second-order valence-electron chi connectivity index (χ2n) is 2.39. The van der Waals surface area contributed by atoms with Gasteiger partial charge in [0.1, 0.15) is 0 Å². The topological polar surface area (TPSA) is 49.7 Å². The summed E-state index contributed by atoms with van der Waals surface area (Å²) in [7, 11) is 0. The van der Waals surface area contributed by atoms with Crippen LogP contribution in [0.4, 0.5) is 0 Å². The third-order valence-corrected chi connectivity index (χ3v) is 2.16. The van der Waals surface area contributed by atoms with Gasteiger partial charge in [0.2, 0.25) is 0 Å². The van der Waals surface area contributed by atoms with Crippen molar-refractivity contribution in [2.75, 3.05) is 0 Å². The van der Waals surface area contributed by atoms with E-state index in [4.69, 9.17) is 14.3 Å².